The van der Waals surface area contributed by atoms with Crippen LogP contribution in [0.4, 0.5) is 24.5 Å². The second-order valence-corrected chi connectivity index (χ2v) is 4.69. The second kappa shape index (κ2) is 5.28. The summed E-state index contributed by atoms with van der Waals surface area (Å²) in [6.07, 6.45) is -2.40. The van der Waals surface area contributed by atoms with Crippen molar-refractivity contribution in [2.24, 2.45) is 0 Å². The van der Waals surface area contributed by atoms with Crippen LogP contribution < -0.4 is 10.6 Å². The lowest BCUT2D eigenvalue weighted by molar-refractivity contribution is -0.136. The molecule has 2 N–H and O–H groups in total. The van der Waals surface area contributed by atoms with E-state index in [1.165, 1.54) is 6.07 Å². The third-order valence-electron chi connectivity index (χ3n) is 3.20. The van der Waals surface area contributed by atoms with Gasteiger partial charge in [-0.25, -0.2) is 0 Å². The molecule has 1 fully saturated rings. The highest BCUT2D eigenvalue weighted by molar-refractivity contribution is 5.60. The molecule has 1 aromatic rings. The summed E-state index contributed by atoms with van der Waals surface area (Å²) in [6, 6.07) is 4.40. The Morgan fingerprint density at radius 3 is 2.58 bits per heavy atom. The minimum atomic E-state index is -4.42. The maximum absolute atomic E-state index is 12.8. The van der Waals surface area contributed by atoms with E-state index in [-0.39, 0.29) is 5.69 Å². The molecule has 1 aromatic carbocycles. The van der Waals surface area contributed by atoms with Crippen LogP contribution in [-0.4, -0.2) is 26.3 Å². The van der Waals surface area contributed by atoms with Crippen molar-refractivity contribution in [2.75, 3.05) is 30.9 Å². The zero-order valence-electron chi connectivity index (χ0n) is 10.7. The molecule has 0 aromatic heterocycles. The summed E-state index contributed by atoms with van der Waals surface area (Å²) < 4.78 is 43.5. The van der Waals surface area contributed by atoms with Crippen LogP contribution in [0.25, 0.3) is 0 Å². The molecule has 0 amide bonds. The van der Waals surface area contributed by atoms with Gasteiger partial charge in [0.1, 0.15) is 0 Å². The standard InChI is InChI=1S/C13H17F3N2O/c1-19-7-6-18(9-2-3-9)10-4-5-12(17)11(8-10)13(14,15)16/h4-5,8-9H,2-3,6-7,17H2,1H3. The number of hydrogen-bond donors (Lipinski definition) is 1. The van der Waals surface area contributed by atoms with Gasteiger partial charge in [-0.3, -0.25) is 0 Å². The van der Waals surface area contributed by atoms with E-state index in [0.717, 1.165) is 18.9 Å². The Labute approximate surface area is 110 Å². The van der Waals surface area contributed by atoms with Gasteiger partial charge in [0.25, 0.3) is 0 Å². The molecule has 6 heteroatoms. The molecule has 1 aliphatic rings. The Kier molecular flexibility index (Phi) is 3.89. The molecule has 0 unspecified atom stereocenters. The van der Waals surface area contributed by atoms with E-state index in [4.69, 9.17) is 10.5 Å². The summed E-state index contributed by atoms with van der Waals surface area (Å²) in [7, 11) is 1.58. The number of nitrogens with two attached hydrogens (primary N) is 1. The highest BCUT2D eigenvalue weighted by Gasteiger charge is 2.35. The molecule has 0 aliphatic heterocycles. The minimum Gasteiger partial charge on any atom is -0.398 e. The van der Waals surface area contributed by atoms with E-state index >= 15 is 0 Å². The first-order chi connectivity index (χ1) is 8.93. The summed E-state index contributed by atoms with van der Waals surface area (Å²) >= 11 is 0. The number of anilines is 2. The molecule has 0 spiro atoms. The van der Waals surface area contributed by atoms with Crippen molar-refractivity contribution in [3.8, 4) is 0 Å². The van der Waals surface area contributed by atoms with Gasteiger partial charge in [-0.15, -0.1) is 0 Å². The molecule has 0 atom stereocenters. The number of methoxy groups -OCH3 is 1. The number of alkyl halides is 3. The molecular weight excluding hydrogens is 257 g/mol. The predicted octanol–water partition coefficient (Wildman–Crippen LogP) is 2.90. The molecule has 0 bridgehead atoms. The number of ether oxygens (including phenoxy) is 1. The molecule has 0 saturated heterocycles. The van der Waals surface area contributed by atoms with Crippen molar-refractivity contribution < 1.29 is 17.9 Å². The number of halogens is 3. The first kappa shape index (κ1) is 14.0. The number of nitrogens with zero attached hydrogens (tertiary/aromatic N) is 1. The molecule has 2 rings (SSSR count). The number of nitrogen functional groups attached to an aromatic ring is 1. The Hall–Kier alpha value is -1.43. The summed E-state index contributed by atoms with van der Waals surface area (Å²) in [6.45, 7) is 1.07. The van der Waals surface area contributed by atoms with Crippen LogP contribution in [0.3, 0.4) is 0 Å². The molecule has 106 valence electrons. The number of rotatable bonds is 5. The summed E-state index contributed by atoms with van der Waals surface area (Å²) in [5.74, 6) is 0. The highest BCUT2D eigenvalue weighted by atomic mass is 19.4. The Morgan fingerprint density at radius 1 is 1.37 bits per heavy atom. The molecule has 0 heterocycles. The van der Waals surface area contributed by atoms with E-state index in [0.29, 0.717) is 24.9 Å². The quantitative estimate of drug-likeness (QED) is 0.839. The topological polar surface area (TPSA) is 38.5 Å². The number of hydrogen-bond acceptors (Lipinski definition) is 3. The van der Waals surface area contributed by atoms with Crippen LogP contribution in [0.5, 0.6) is 0 Å². The smallest absolute Gasteiger partial charge is 0.398 e. The third kappa shape index (κ3) is 3.32. The maximum Gasteiger partial charge on any atom is 0.418 e. The van der Waals surface area contributed by atoms with E-state index in [9.17, 15) is 13.2 Å². The van der Waals surface area contributed by atoms with Gasteiger partial charge >= 0.3 is 6.18 Å². The van der Waals surface area contributed by atoms with Gasteiger partial charge < -0.3 is 15.4 Å². The third-order valence-corrected chi connectivity index (χ3v) is 3.20. The van der Waals surface area contributed by atoms with E-state index in [2.05, 4.69) is 0 Å². The predicted molar refractivity (Wildman–Crippen MR) is 68.1 cm³/mol. The summed E-state index contributed by atoms with van der Waals surface area (Å²) in [4.78, 5) is 1.96. The largest absolute Gasteiger partial charge is 0.418 e. The first-order valence-corrected chi connectivity index (χ1v) is 6.16. The molecule has 3 nitrogen and oxygen atoms in total. The Balaban J connectivity index is 2.27. The highest BCUT2D eigenvalue weighted by Crippen LogP contribution is 2.38. The van der Waals surface area contributed by atoms with Gasteiger partial charge in [-0.1, -0.05) is 0 Å². The minimum absolute atomic E-state index is 0.237. The van der Waals surface area contributed by atoms with Gasteiger partial charge in [-0.05, 0) is 31.0 Å². The van der Waals surface area contributed by atoms with E-state index in [1.807, 2.05) is 4.90 Å². The zero-order chi connectivity index (χ0) is 14.0. The van der Waals surface area contributed by atoms with Crippen LogP contribution in [-0.2, 0) is 10.9 Å². The SMILES string of the molecule is COCCN(c1ccc(N)c(C(F)(F)F)c1)C1CC1. The van der Waals surface area contributed by atoms with Gasteiger partial charge in [0, 0.05) is 31.1 Å². The van der Waals surface area contributed by atoms with Crippen molar-refractivity contribution in [3.05, 3.63) is 23.8 Å². The molecular formula is C13H17F3N2O. The normalized spacial score (nSPS) is 15.6. The van der Waals surface area contributed by atoms with Crippen LogP contribution >= 0.6 is 0 Å². The number of benzene rings is 1. The molecule has 1 aliphatic carbocycles. The van der Waals surface area contributed by atoms with Crippen molar-refractivity contribution in [3.63, 3.8) is 0 Å². The van der Waals surface area contributed by atoms with Crippen molar-refractivity contribution in [1.29, 1.82) is 0 Å². The first-order valence-electron chi connectivity index (χ1n) is 6.16. The molecule has 19 heavy (non-hydrogen) atoms. The van der Waals surface area contributed by atoms with Crippen LogP contribution in [0, 0.1) is 0 Å². The monoisotopic (exact) mass is 274 g/mol. The van der Waals surface area contributed by atoms with Crippen LogP contribution in [0.15, 0.2) is 18.2 Å². The summed E-state index contributed by atoms with van der Waals surface area (Å²) in [5.41, 5.74) is 4.95. The average molecular weight is 274 g/mol. The van der Waals surface area contributed by atoms with Gasteiger partial charge in [-0.2, -0.15) is 13.2 Å². The maximum atomic E-state index is 12.8. The lowest BCUT2D eigenvalue weighted by Gasteiger charge is -2.25. The van der Waals surface area contributed by atoms with E-state index < -0.39 is 11.7 Å². The van der Waals surface area contributed by atoms with Crippen molar-refractivity contribution >= 4 is 11.4 Å². The summed E-state index contributed by atoms with van der Waals surface area (Å²) in [5, 5.41) is 0. The van der Waals surface area contributed by atoms with Crippen molar-refractivity contribution in [1.82, 2.24) is 0 Å². The van der Waals surface area contributed by atoms with Crippen LogP contribution in [0.2, 0.25) is 0 Å². The Bertz CT molecular complexity index is 444. The zero-order valence-corrected chi connectivity index (χ0v) is 10.7. The van der Waals surface area contributed by atoms with Gasteiger partial charge in [0.15, 0.2) is 0 Å². The second-order valence-electron chi connectivity index (χ2n) is 4.69. The van der Waals surface area contributed by atoms with Crippen molar-refractivity contribution in [2.45, 2.75) is 25.1 Å². The van der Waals surface area contributed by atoms with Crippen LogP contribution in [0.1, 0.15) is 18.4 Å². The fourth-order valence-corrected chi connectivity index (χ4v) is 2.07. The molecule has 1 saturated carbocycles. The average Bonchev–Trinajstić information content (AvgIpc) is 3.14. The van der Waals surface area contributed by atoms with Gasteiger partial charge in [0.05, 0.1) is 12.2 Å². The van der Waals surface area contributed by atoms with E-state index in [1.54, 1.807) is 13.2 Å². The fraction of sp³-hybridized carbons (Fsp3) is 0.538. The Morgan fingerprint density at radius 2 is 2.05 bits per heavy atom. The lowest BCUT2D eigenvalue weighted by atomic mass is 10.1. The van der Waals surface area contributed by atoms with Gasteiger partial charge in [0.2, 0.25) is 0 Å². The molecule has 0 radical (unpaired) electrons. The fourth-order valence-electron chi connectivity index (χ4n) is 2.07. The lowest BCUT2D eigenvalue weighted by Crippen LogP contribution is -2.29.